The Morgan fingerprint density at radius 1 is 1.25 bits per heavy atom. The molecule has 1 aliphatic carbocycles. The molecule has 1 atom stereocenters. The number of hydrogen-bond donors (Lipinski definition) is 1. The van der Waals surface area contributed by atoms with E-state index < -0.39 is 9.84 Å². The summed E-state index contributed by atoms with van der Waals surface area (Å²) in [5.74, 6) is -0.300. The van der Waals surface area contributed by atoms with Gasteiger partial charge < -0.3 is 5.32 Å². The van der Waals surface area contributed by atoms with Crippen LogP contribution in [0.5, 0.6) is 0 Å². The highest BCUT2D eigenvalue weighted by Gasteiger charge is 2.37. The van der Waals surface area contributed by atoms with Crippen LogP contribution in [0.2, 0.25) is 0 Å². The van der Waals surface area contributed by atoms with Crippen LogP contribution in [-0.4, -0.2) is 32.4 Å². The Labute approximate surface area is 145 Å². The Morgan fingerprint density at radius 2 is 2.00 bits per heavy atom. The van der Waals surface area contributed by atoms with Gasteiger partial charge in [-0.25, -0.2) is 8.42 Å². The summed E-state index contributed by atoms with van der Waals surface area (Å²) in [5, 5.41) is 3.09. The van der Waals surface area contributed by atoms with Gasteiger partial charge in [-0.1, -0.05) is 49.1 Å². The smallest absolute Gasteiger partial charge is 0.224 e. The minimum absolute atomic E-state index is 0.00257. The van der Waals surface area contributed by atoms with Crippen LogP contribution in [0.4, 0.5) is 0 Å². The molecule has 1 saturated heterocycles. The zero-order valence-corrected chi connectivity index (χ0v) is 15.2. The summed E-state index contributed by atoms with van der Waals surface area (Å²) in [4.78, 5) is 12.4. The van der Waals surface area contributed by atoms with Gasteiger partial charge in [-0.2, -0.15) is 0 Å². The summed E-state index contributed by atoms with van der Waals surface area (Å²) in [6, 6.07) is 8.59. The fraction of sp³-hybridized carbons (Fsp3) is 0.632. The summed E-state index contributed by atoms with van der Waals surface area (Å²) in [7, 11) is -3.02. The molecule has 0 spiro atoms. The highest BCUT2D eigenvalue weighted by atomic mass is 32.2. The molecule has 2 aliphatic rings. The Hall–Kier alpha value is -1.36. The fourth-order valence-corrected chi connectivity index (χ4v) is 5.91. The number of carbonyl (C=O) groups is 1. The van der Waals surface area contributed by atoms with E-state index >= 15 is 0 Å². The molecule has 1 unspecified atom stereocenters. The number of rotatable bonds is 4. The predicted molar refractivity (Wildman–Crippen MR) is 95.7 cm³/mol. The Kier molecular flexibility index (Phi) is 5.00. The summed E-state index contributed by atoms with van der Waals surface area (Å²) in [6.45, 7) is 2.72. The third-order valence-electron chi connectivity index (χ3n) is 5.65. The van der Waals surface area contributed by atoms with E-state index in [1.807, 2.05) is 0 Å². The summed E-state index contributed by atoms with van der Waals surface area (Å²) >= 11 is 0. The van der Waals surface area contributed by atoms with Crippen molar-refractivity contribution >= 4 is 15.7 Å². The van der Waals surface area contributed by atoms with Gasteiger partial charge in [0.2, 0.25) is 5.91 Å². The van der Waals surface area contributed by atoms with Crippen molar-refractivity contribution in [3.8, 4) is 0 Å². The molecule has 24 heavy (non-hydrogen) atoms. The molecule has 1 aromatic carbocycles. The summed E-state index contributed by atoms with van der Waals surface area (Å²) in [6.07, 6.45) is 6.25. The van der Waals surface area contributed by atoms with Gasteiger partial charge in [-0.3, -0.25) is 4.79 Å². The van der Waals surface area contributed by atoms with Crippen molar-refractivity contribution in [3.05, 3.63) is 35.4 Å². The summed E-state index contributed by atoms with van der Waals surface area (Å²) in [5.41, 5.74) is 2.55. The maximum Gasteiger partial charge on any atom is 0.224 e. The van der Waals surface area contributed by atoms with E-state index in [4.69, 9.17) is 0 Å². The Morgan fingerprint density at radius 3 is 2.62 bits per heavy atom. The van der Waals surface area contributed by atoms with Gasteiger partial charge >= 0.3 is 0 Å². The molecule has 2 fully saturated rings. The minimum Gasteiger partial charge on any atom is -0.355 e. The predicted octanol–water partition coefficient (Wildman–Crippen LogP) is 2.75. The Balaban J connectivity index is 1.72. The normalized spacial score (nSPS) is 25.3. The van der Waals surface area contributed by atoms with Gasteiger partial charge in [0.1, 0.15) is 0 Å². The molecular weight excluding hydrogens is 322 g/mol. The zero-order chi connectivity index (χ0) is 17.2. The number of aryl methyl sites for hydroxylation is 1. The molecule has 1 amide bonds. The van der Waals surface area contributed by atoms with Crippen LogP contribution in [0.1, 0.15) is 49.7 Å². The van der Waals surface area contributed by atoms with Crippen molar-refractivity contribution < 1.29 is 13.2 Å². The molecule has 1 aromatic rings. The van der Waals surface area contributed by atoms with E-state index in [-0.39, 0.29) is 28.7 Å². The highest BCUT2D eigenvalue weighted by molar-refractivity contribution is 7.91. The first-order valence-corrected chi connectivity index (χ1v) is 10.8. The van der Waals surface area contributed by atoms with E-state index in [9.17, 15) is 13.2 Å². The average Bonchev–Trinajstić information content (AvgIpc) is 2.94. The highest BCUT2D eigenvalue weighted by Crippen LogP contribution is 2.39. The van der Waals surface area contributed by atoms with Crippen molar-refractivity contribution in [2.45, 2.75) is 50.9 Å². The molecule has 1 saturated carbocycles. The summed E-state index contributed by atoms with van der Waals surface area (Å²) < 4.78 is 23.2. The van der Waals surface area contributed by atoms with E-state index in [0.717, 1.165) is 12.8 Å². The van der Waals surface area contributed by atoms with Gasteiger partial charge in [-0.05, 0) is 31.7 Å². The number of hydrogen-bond acceptors (Lipinski definition) is 3. The molecule has 3 rings (SSSR count). The fourth-order valence-electron chi connectivity index (χ4n) is 4.17. The van der Waals surface area contributed by atoms with Gasteiger partial charge in [0.15, 0.2) is 9.84 Å². The second kappa shape index (κ2) is 6.87. The maximum absolute atomic E-state index is 12.4. The van der Waals surface area contributed by atoms with Crippen LogP contribution in [0.15, 0.2) is 24.3 Å². The van der Waals surface area contributed by atoms with Gasteiger partial charge in [0, 0.05) is 12.0 Å². The molecular formula is C19H27NO3S. The van der Waals surface area contributed by atoms with Gasteiger partial charge in [0.05, 0.1) is 17.4 Å². The number of amides is 1. The van der Waals surface area contributed by atoms with E-state index in [1.54, 1.807) is 0 Å². The standard InChI is InChI=1S/C19H27NO3S/c1-15-6-5-7-17(12-15)19(9-3-2-4-10-19)14-20-18(21)16-8-11-24(22,23)13-16/h5-7,12,16H,2-4,8-11,13-14H2,1H3,(H,20,21). The van der Waals surface area contributed by atoms with E-state index in [1.165, 1.54) is 30.4 Å². The van der Waals surface area contributed by atoms with Gasteiger partial charge in [-0.15, -0.1) is 0 Å². The van der Waals surface area contributed by atoms with E-state index in [0.29, 0.717) is 13.0 Å². The quantitative estimate of drug-likeness (QED) is 0.909. The molecule has 5 heteroatoms. The SMILES string of the molecule is Cc1cccc(C2(CNC(=O)C3CCS(=O)(=O)C3)CCCCC2)c1. The second-order valence-electron chi connectivity index (χ2n) is 7.53. The molecule has 0 aromatic heterocycles. The largest absolute Gasteiger partial charge is 0.355 e. The molecule has 4 nitrogen and oxygen atoms in total. The first-order valence-electron chi connectivity index (χ1n) is 8.96. The van der Waals surface area contributed by atoms with Crippen LogP contribution in [0.3, 0.4) is 0 Å². The number of nitrogens with one attached hydrogen (secondary N) is 1. The molecule has 1 N–H and O–H groups in total. The minimum atomic E-state index is -3.02. The monoisotopic (exact) mass is 349 g/mol. The van der Waals surface area contributed by atoms with Crippen molar-refractivity contribution in [1.29, 1.82) is 0 Å². The second-order valence-corrected chi connectivity index (χ2v) is 9.76. The average molecular weight is 349 g/mol. The van der Waals surface area contributed by atoms with Crippen molar-refractivity contribution in [3.63, 3.8) is 0 Å². The number of sulfone groups is 1. The van der Waals surface area contributed by atoms with Crippen LogP contribution in [0, 0.1) is 12.8 Å². The molecule has 0 bridgehead atoms. The molecule has 0 radical (unpaired) electrons. The third kappa shape index (κ3) is 3.82. The zero-order valence-electron chi connectivity index (χ0n) is 14.4. The van der Waals surface area contributed by atoms with Crippen molar-refractivity contribution in [1.82, 2.24) is 5.32 Å². The lowest BCUT2D eigenvalue weighted by atomic mass is 9.69. The number of benzene rings is 1. The topological polar surface area (TPSA) is 63.2 Å². The van der Waals surface area contributed by atoms with Crippen LogP contribution < -0.4 is 5.32 Å². The lowest BCUT2D eigenvalue weighted by molar-refractivity contribution is -0.124. The van der Waals surface area contributed by atoms with Crippen LogP contribution >= 0.6 is 0 Å². The van der Waals surface area contributed by atoms with Gasteiger partial charge in [0.25, 0.3) is 0 Å². The lowest BCUT2D eigenvalue weighted by Crippen LogP contribution is -2.44. The lowest BCUT2D eigenvalue weighted by Gasteiger charge is -2.38. The van der Waals surface area contributed by atoms with Crippen LogP contribution in [0.25, 0.3) is 0 Å². The van der Waals surface area contributed by atoms with E-state index in [2.05, 4.69) is 36.5 Å². The maximum atomic E-state index is 12.4. The first-order chi connectivity index (χ1) is 11.4. The first kappa shape index (κ1) is 17.5. The third-order valence-corrected chi connectivity index (χ3v) is 7.41. The molecule has 132 valence electrons. The molecule has 1 aliphatic heterocycles. The Bertz CT molecular complexity index is 705. The molecule has 1 heterocycles. The van der Waals surface area contributed by atoms with Crippen molar-refractivity contribution in [2.75, 3.05) is 18.1 Å². The van der Waals surface area contributed by atoms with Crippen molar-refractivity contribution in [2.24, 2.45) is 5.92 Å². The number of carbonyl (C=O) groups excluding carboxylic acids is 1. The van der Waals surface area contributed by atoms with Crippen LogP contribution in [-0.2, 0) is 20.0 Å².